The summed E-state index contributed by atoms with van der Waals surface area (Å²) in [7, 11) is 1.54. The minimum Gasteiger partial charge on any atom is -0.497 e. The molecule has 2 N–H and O–H groups in total. The first kappa shape index (κ1) is 26.2. The highest BCUT2D eigenvalue weighted by Crippen LogP contribution is 2.17. The van der Waals surface area contributed by atoms with Crippen molar-refractivity contribution in [2.24, 2.45) is 0 Å². The minimum absolute atomic E-state index is 0.199. The number of carbonyl (C=O) groups excluding carboxylic acids is 4. The van der Waals surface area contributed by atoms with E-state index >= 15 is 0 Å². The van der Waals surface area contributed by atoms with Gasteiger partial charge >= 0.3 is 11.9 Å². The lowest BCUT2D eigenvalue weighted by Gasteiger charge is -2.09. The van der Waals surface area contributed by atoms with Gasteiger partial charge in [-0.25, -0.2) is 4.79 Å². The standard InChI is InChI=1S/C24H28N2O8/c1-3-32-23(29)8-5-13-25-21(27)15-34-24(30)17-9-11-19(12-10-17)33-16-22(28)26-18-6-4-7-20(14-18)31-2/h4,6-7,9-12,14H,3,5,8,13,15-16H2,1-2H3,(H,25,27)(H,26,28). The van der Waals surface area contributed by atoms with Crippen LogP contribution in [0, 0.1) is 0 Å². The lowest BCUT2D eigenvalue weighted by atomic mass is 10.2. The first-order valence-corrected chi connectivity index (χ1v) is 10.7. The fourth-order valence-electron chi connectivity index (χ4n) is 2.69. The van der Waals surface area contributed by atoms with Gasteiger partial charge in [0.2, 0.25) is 0 Å². The molecule has 2 aromatic rings. The number of benzene rings is 2. The van der Waals surface area contributed by atoms with Crippen LogP contribution in [0.1, 0.15) is 30.1 Å². The van der Waals surface area contributed by atoms with E-state index in [4.69, 9.17) is 18.9 Å². The summed E-state index contributed by atoms with van der Waals surface area (Å²) in [5.74, 6) is -0.828. The van der Waals surface area contributed by atoms with Gasteiger partial charge in [-0.05, 0) is 49.7 Å². The number of methoxy groups -OCH3 is 1. The number of hydrogen-bond acceptors (Lipinski definition) is 8. The van der Waals surface area contributed by atoms with Crippen LogP contribution in [-0.4, -0.2) is 57.2 Å². The first-order valence-electron chi connectivity index (χ1n) is 10.7. The molecule has 0 unspecified atom stereocenters. The predicted molar refractivity (Wildman–Crippen MR) is 123 cm³/mol. The van der Waals surface area contributed by atoms with E-state index in [-0.39, 0.29) is 37.0 Å². The van der Waals surface area contributed by atoms with Crippen molar-refractivity contribution in [2.45, 2.75) is 19.8 Å². The first-order chi connectivity index (χ1) is 16.4. The fourth-order valence-corrected chi connectivity index (χ4v) is 2.69. The summed E-state index contributed by atoms with van der Waals surface area (Å²) in [5, 5.41) is 5.25. The molecule has 34 heavy (non-hydrogen) atoms. The molecular weight excluding hydrogens is 444 g/mol. The van der Waals surface area contributed by atoms with E-state index in [1.165, 1.54) is 31.4 Å². The largest absolute Gasteiger partial charge is 0.497 e. The summed E-state index contributed by atoms with van der Waals surface area (Å²) < 4.78 is 20.3. The summed E-state index contributed by atoms with van der Waals surface area (Å²) in [4.78, 5) is 47.1. The summed E-state index contributed by atoms with van der Waals surface area (Å²) >= 11 is 0. The molecular formula is C24H28N2O8. The topological polar surface area (TPSA) is 129 Å². The average Bonchev–Trinajstić information content (AvgIpc) is 2.84. The third kappa shape index (κ3) is 9.60. The van der Waals surface area contributed by atoms with Crippen LogP contribution in [0.25, 0.3) is 0 Å². The van der Waals surface area contributed by atoms with Gasteiger partial charge in [0.25, 0.3) is 11.8 Å². The lowest BCUT2D eigenvalue weighted by Crippen LogP contribution is -2.30. The number of carbonyl (C=O) groups is 4. The quantitative estimate of drug-likeness (QED) is 0.336. The van der Waals surface area contributed by atoms with Crippen molar-refractivity contribution in [1.82, 2.24) is 5.32 Å². The van der Waals surface area contributed by atoms with Crippen molar-refractivity contribution in [3.8, 4) is 11.5 Å². The fraction of sp³-hybridized carbons (Fsp3) is 0.333. The van der Waals surface area contributed by atoms with Crippen LogP contribution < -0.4 is 20.1 Å². The van der Waals surface area contributed by atoms with Gasteiger partial charge < -0.3 is 29.6 Å². The number of ether oxygens (including phenoxy) is 4. The third-order valence-corrected chi connectivity index (χ3v) is 4.33. The Balaban J connectivity index is 1.68. The molecule has 2 rings (SSSR count). The van der Waals surface area contributed by atoms with Crippen LogP contribution in [0.2, 0.25) is 0 Å². The lowest BCUT2D eigenvalue weighted by molar-refractivity contribution is -0.143. The van der Waals surface area contributed by atoms with E-state index in [0.29, 0.717) is 30.2 Å². The summed E-state index contributed by atoms with van der Waals surface area (Å²) in [6, 6.07) is 12.9. The van der Waals surface area contributed by atoms with Gasteiger partial charge in [0.05, 0.1) is 19.3 Å². The summed E-state index contributed by atoms with van der Waals surface area (Å²) in [6.45, 7) is 1.64. The van der Waals surface area contributed by atoms with Crippen LogP contribution in [-0.2, 0) is 23.9 Å². The highest BCUT2D eigenvalue weighted by Gasteiger charge is 2.11. The van der Waals surface area contributed by atoms with E-state index < -0.39 is 18.5 Å². The Hall–Kier alpha value is -4.08. The number of anilines is 1. The van der Waals surface area contributed by atoms with Gasteiger partial charge in [-0.2, -0.15) is 0 Å². The van der Waals surface area contributed by atoms with Gasteiger partial charge in [-0.3, -0.25) is 14.4 Å². The molecule has 182 valence electrons. The molecule has 0 aliphatic heterocycles. The SMILES string of the molecule is CCOC(=O)CCCNC(=O)COC(=O)c1ccc(OCC(=O)Nc2cccc(OC)c2)cc1. The average molecular weight is 472 g/mol. The summed E-state index contributed by atoms with van der Waals surface area (Å²) in [6.07, 6.45) is 0.628. The van der Waals surface area contributed by atoms with E-state index in [9.17, 15) is 19.2 Å². The van der Waals surface area contributed by atoms with Crippen LogP contribution >= 0.6 is 0 Å². The summed E-state index contributed by atoms with van der Waals surface area (Å²) in [5.41, 5.74) is 0.803. The second kappa shape index (κ2) is 14.1. The normalized spacial score (nSPS) is 10.1. The maximum Gasteiger partial charge on any atom is 0.338 e. The molecule has 0 aliphatic carbocycles. The Morgan fingerprint density at radius 3 is 2.35 bits per heavy atom. The van der Waals surface area contributed by atoms with Gasteiger partial charge in [-0.15, -0.1) is 0 Å². The van der Waals surface area contributed by atoms with Gasteiger partial charge in [-0.1, -0.05) is 6.07 Å². The Labute approximate surface area is 197 Å². The van der Waals surface area contributed by atoms with Crippen molar-refractivity contribution >= 4 is 29.4 Å². The number of nitrogens with one attached hydrogen (secondary N) is 2. The number of hydrogen-bond donors (Lipinski definition) is 2. The van der Waals surface area contributed by atoms with Crippen LogP contribution in [0.4, 0.5) is 5.69 Å². The zero-order valence-corrected chi connectivity index (χ0v) is 19.1. The Morgan fingerprint density at radius 1 is 0.882 bits per heavy atom. The Kier molecular flexibility index (Phi) is 10.9. The van der Waals surface area contributed by atoms with Crippen molar-refractivity contribution in [3.63, 3.8) is 0 Å². The van der Waals surface area contributed by atoms with Crippen molar-refractivity contribution < 1.29 is 38.1 Å². The molecule has 0 heterocycles. The van der Waals surface area contributed by atoms with Gasteiger partial charge in [0.1, 0.15) is 11.5 Å². The molecule has 0 spiro atoms. The van der Waals surface area contributed by atoms with E-state index in [0.717, 1.165) is 0 Å². The molecule has 0 fully saturated rings. The smallest absolute Gasteiger partial charge is 0.338 e. The Bertz CT molecular complexity index is 975. The highest BCUT2D eigenvalue weighted by molar-refractivity contribution is 5.92. The second-order valence-electron chi connectivity index (χ2n) is 6.93. The molecule has 0 saturated heterocycles. The van der Waals surface area contributed by atoms with Crippen molar-refractivity contribution in [2.75, 3.05) is 38.8 Å². The van der Waals surface area contributed by atoms with Crippen LogP contribution in [0.15, 0.2) is 48.5 Å². The molecule has 0 saturated carbocycles. The van der Waals surface area contributed by atoms with Crippen LogP contribution in [0.3, 0.4) is 0 Å². The molecule has 10 nitrogen and oxygen atoms in total. The minimum atomic E-state index is -0.677. The molecule has 0 radical (unpaired) electrons. The third-order valence-electron chi connectivity index (χ3n) is 4.33. The van der Waals surface area contributed by atoms with E-state index in [1.54, 1.807) is 31.2 Å². The van der Waals surface area contributed by atoms with E-state index in [2.05, 4.69) is 10.6 Å². The zero-order valence-electron chi connectivity index (χ0n) is 19.1. The number of esters is 2. The number of amides is 2. The van der Waals surface area contributed by atoms with Gasteiger partial charge in [0, 0.05) is 24.7 Å². The number of rotatable bonds is 13. The van der Waals surface area contributed by atoms with E-state index in [1.807, 2.05) is 0 Å². The molecule has 2 amide bonds. The molecule has 0 bridgehead atoms. The zero-order chi connectivity index (χ0) is 24.8. The van der Waals surface area contributed by atoms with Crippen molar-refractivity contribution in [3.05, 3.63) is 54.1 Å². The molecule has 0 aliphatic rings. The maximum absolute atomic E-state index is 12.1. The predicted octanol–water partition coefficient (Wildman–Crippen LogP) is 2.33. The maximum atomic E-state index is 12.1. The van der Waals surface area contributed by atoms with Crippen LogP contribution in [0.5, 0.6) is 11.5 Å². The molecule has 10 heteroatoms. The van der Waals surface area contributed by atoms with Crippen molar-refractivity contribution in [1.29, 1.82) is 0 Å². The highest BCUT2D eigenvalue weighted by atomic mass is 16.5. The second-order valence-corrected chi connectivity index (χ2v) is 6.93. The molecule has 0 atom stereocenters. The van der Waals surface area contributed by atoms with Gasteiger partial charge in [0.15, 0.2) is 13.2 Å². The Morgan fingerprint density at radius 2 is 1.65 bits per heavy atom. The molecule has 2 aromatic carbocycles. The monoisotopic (exact) mass is 472 g/mol. The molecule has 0 aromatic heterocycles.